The summed E-state index contributed by atoms with van der Waals surface area (Å²) in [5, 5.41) is 2.97. The molecule has 0 spiro atoms. The van der Waals surface area contributed by atoms with Crippen LogP contribution in [0.4, 0.5) is 8.78 Å². The lowest BCUT2D eigenvalue weighted by Gasteiger charge is -2.31. The number of benzene rings is 1. The number of rotatable bonds is 5. The van der Waals surface area contributed by atoms with Crippen LogP contribution in [-0.4, -0.2) is 13.0 Å². The van der Waals surface area contributed by atoms with E-state index in [2.05, 4.69) is 5.32 Å². The van der Waals surface area contributed by atoms with E-state index in [1.54, 1.807) is 6.92 Å². The zero-order chi connectivity index (χ0) is 13.1. The molecule has 0 aromatic heterocycles. The molecule has 0 saturated carbocycles. The molecule has 0 heterocycles. The predicted molar refractivity (Wildman–Crippen MR) is 67.6 cm³/mol. The van der Waals surface area contributed by atoms with Crippen LogP contribution < -0.4 is 5.32 Å². The third kappa shape index (κ3) is 3.25. The van der Waals surface area contributed by atoms with Gasteiger partial charge >= 0.3 is 0 Å². The van der Waals surface area contributed by atoms with Crippen LogP contribution in [0.1, 0.15) is 37.0 Å². The SMILES string of the molecule is CCCNC(C)(c1cc(C)cc(C)c1)C(F)F. The van der Waals surface area contributed by atoms with Crippen LogP contribution in [0.25, 0.3) is 0 Å². The molecule has 17 heavy (non-hydrogen) atoms. The van der Waals surface area contributed by atoms with Gasteiger partial charge in [-0.1, -0.05) is 36.2 Å². The second-order valence-corrected chi connectivity index (χ2v) is 4.81. The van der Waals surface area contributed by atoms with Crippen LogP contribution in [0.2, 0.25) is 0 Å². The average Bonchev–Trinajstić information content (AvgIpc) is 2.24. The van der Waals surface area contributed by atoms with Crippen LogP contribution >= 0.6 is 0 Å². The summed E-state index contributed by atoms with van der Waals surface area (Å²) < 4.78 is 26.6. The molecule has 0 aliphatic rings. The van der Waals surface area contributed by atoms with Crippen molar-refractivity contribution in [3.8, 4) is 0 Å². The van der Waals surface area contributed by atoms with Gasteiger partial charge in [-0.25, -0.2) is 8.78 Å². The first kappa shape index (κ1) is 14.1. The van der Waals surface area contributed by atoms with E-state index in [4.69, 9.17) is 0 Å². The quantitative estimate of drug-likeness (QED) is 0.827. The molecule has 1 atom stereocenters. The van der Waals surface area contributed by atoms with Crippen LogP contribution in [0.3, 0.4) is 0 Å². The molecule has 0 bridgehead atoms. The second-order valence-electron chi connectivity index (χ2n) is 4.81. The van der Waals surface area contributed by atoms with Gasteiger partial charge in [0, 0.05) is 0 Å². The molecule has 0 amide bonds. The molecule has 0 fully saturated rings. The van der Waals surface area contributed by atoms with E-state index in [-0.39, 0.29) is 0 Å². The van der Waals surface area contributed by atoms with Crippen molar-refractivity contribution in [1.82, 2.24) is 5.32 Å². The molecular weight excluding hydrogens is 220 g/mol. The van der Waals surface area contributed by atoms with Crippen molar-refractivity contribution in [1.29, 1.82) is 0 Å². The lowest BCUT2D eigenvalue weighted by Crippen LogP contribution is -2.46. The minimum atomic E-state index is -2.42. The number of aryl methyl sites for hydroxylation is 2. The van der Waals surface area contributed by atoms with E-state index >= 15 is 0 Å². The highest BCUT2D eigenvalue weighted by atomic mass is 19.3. The van der Waals surface area contributed by atoms with E-state index in [9.17, 15) is 8.78 Å². The smallest absolute Gasteiger partial charge is 0.260 e. The molecule has 1 unspecified atom stereocenters. The fourth-order valence-electron chi connectivity index (χ4n) is 1.96. The van der Waals surface area contributed by atoms with Gasteiger partial charge in [-0.3, -0.25) is 0 Å². The summed E-state index contributed by atoms with van der Waals surface area (Å²) in [5.41, 5.74) is 1.45. The van der Waals surface area contributed by atoms with Crippen LogP contribution in [0, 0.1) is 13.8 Å². The monoisotopic (exact) mass is 241 g/mol. The van der Waals surface area contributed by atoms with Gasteiger partial charge in [-0.15, -0.1) is 0 Å². The fourth-order valence-corrected chi connectivity index (χ4v) is 1.96. The Bertz CT molecular complexity index is 356. The van der Waals surface area contributed by atoms with Crippen LogP contribution in [0.15, 0.2) is 18.2 Å². The van der Waals surface area contributed by atoms with Crippen molar-refractivity contribution >= 4 is 0 Å². The highest BCUT2D eigenvalue weighted by molar-refractivity contribution is 5.33. The molecule has 0 radical (unpaired) electrons. The van der Waals surface area contributed by atoms with Gasteiger partial charge < -0.3 is 5.32 Å². The topological polar surface area (TPSA) is 12.0 Å². The molecule has 1 N–H and O–H groups in total. The van der Waals surface area contributed by atoms with Gasteiger partial charge in [0.25, 0.3) is 6.43 Å². The maximum Gasteiger partial charge on any atom is 0.260 e. The largest absolute Gasteiger partial charge is 0.303 e. The standard InChI is InChI=1S/C14H21F2N/c1-5-6-17-14(4,13(15)16)12-8-10(2)7-11(3)9-12/h7-9,13,17H,5-6H2,1-4H3. The van der Waals surface area contributed by atoms with Gasteiger partial charge in [0.2, 0.25) is 0 Å². The van der Waals surface area contributed by atoms with Crippen molar-refractivity contribution in [2.75, 3.05) is 6.54 Å². The van der Waals surface area contributed by atoms with Crippen LogP contribution in [0.5, 0.6) is 0 Å². The predicted octanol–water partition coefficient (Wildman–Crippen LogP) is 3.78. The number of halogens is 2. The molecule has 1 rings (SSSR count). The first-order chi connectivity index (χ1) is 7.90. The van der Waals surface area contributed by atoms with Crippen molar-refractivity contribution in [2.24, 2.45) is 0 Å². The first-order valence-corrected chi connectivity index (χ1v) is 6.02. The van der Waals surface area contributed by atoms with E-state index in [1.807, 2.05) is 39.0 Å². The van der Waals surface area contributed by atoms with Gasteiger partial charge in [-0.05, 0) is 39.3 Å². The summed E-state index contributed by atoms with van der Waals surface area (Å²) in [6, 6.07) is 5.67. The highest BCUT2D eigenvalue weighted by Gasteiger charge is 2.36. The minimum Gasteiger partial charge on any atom is -0.303 e. The Morgan fingerprint density at radius 1 is 1.18 bits per heavy atom. The molecular formula is C14H21F2N. The van der Waals surface area contributed by atoms with E-state index in [1.165, 1.54) is 0 Å². The molecule has 1 aromatic carbocycles. The molecule has 3 heteroatoms. The summed E-state index contributed by atoms with van der Waals surface area (Å²) in [6.07, 6.45) is -1.58. The average molecular weight is 241 g/mol. The lowest BCUT2D eigenvalue weighted by atomic mass is 9.89. The zero-order valence-electron chi connectivity index (χ0n) is 11.0. The lowest BCUT2D eigenvalue weighted by molar-refractivity contribution is 0.0384. The fraction of sp³-hybridized carbons (Fsp3) is 0.571. The highest BCUT2D eigenvalue weighted by Crippen LogP contribution is 2.29. The Morgan fingerprint density at radius 3 is 2.12 bits per heavy atom. The Morgan fingerprint density at radius 2 is 1.71 bits per heavy atom. The Labute approximate surface area is 102 Å². The Hall–Kier alpha value is -0.960. The molecule has 0 aliphatic heterocycles. The maximum absolute atomic E-state index is 13.3. The van der Waals surface area contributed by atoms with E-state index in [0.29, 0.717) is 12.1 Å². The molecule has 1 nitrogen and oxygen atoms in total. The van der Waals surface area contributed by atoms with E-state index in [0.717, 1.165) is 17.5 Å². The summed E-state index contributed by atoms with van der Waals surface area (Å²) in [4.78, 5) is 0. The summed E-state index contributed by atoms with van der Waals surface area (Å²) >= 11 is 0. The van der Waals surface area contributed by atoms with Gasteiger partial charge in [0.1, 0.15) is 5.54 Å². The van der Waals surface area contributed by atoms with Crippen molar-refractivity contribution in [3.05, 3.63) is 34.9 Å². The minimum absolute atomic E-state index is 0.591. The van der Waals surface area contributed by atoms with Crippen molar-refractivity contribution in [2.45, 2.75) is 46.1 Å². The maximum atomic E-state index is 13.3. The van der Waals surface area contributed by atoms with Gasteiger partial charge in [-0.2, -0.15) is 0 Å². The zero-order valence-corrected chi connectivity index (χ0v) is 11.0. The van der Waals surface area contributed by atoms with Crippen LogP contribution in [-0.2, 0) is 5.54 Å². The van der Waals surface area contributed by atoms with E-state index < -0.39 is 12.0 Å². The number of alkyl halides is 2. The second kappa shape index (κ2) is 5.58. The third-order valence-electron chi connectivity index (χ3n) is 3.00. The summed E-state index contributed by atoms with van der Waals surface area (Å²) in [5.74, 6) is 0. The molecule has 0 aliphatic carbocycles. The van der Waals surface area contributed by atoms with Crippen molar-refractivity contribution in [3.63, 3.8) is 0 Å². The Balaban J connectivity index is 3.12. The number of hydrogen-bond donors (Lipinski definition) is 1. The first-order valence-electron chi connectivity index (χ1n) is 6.02. The molecule has 0 saturated heterocycles. The number of hydrogen-bond acceptors (Lipinski definition) is 1. The molecule has 96 valence electrons. The third-order valence-corrected chi connectivity index (χ3v) is 3.00. The Kier molecular flexibility index (Phi) is 4.63. The summed E-state index contributed by atoms with van der Waals surface area (Å²) in [7, 11) is 0. The van der Waals surface area contributed by atoms with Gasteiger partial charge in [0.15, 0.2) is 0 Å². The summed E-state index contributed by atoms with van der Waals surface area (Å²) in [6.45, 7) is 8.00. The van der Waals surface area contributed by atoms with Crippen molar-refractivity contribution < 1.29 is 8.78 Å². The van der Waals surface area contributed by atoms with Gasteiger partial charge in [0.05, 0.1) is 0 Å². The molecule has 1 aromatic rings. The normalized spacial score (nSPS) is 15.0. The number of nitrogens with one attached hydrogen (secondary N) is 1.